The van der Waals surface area contributed by atoms with Crippen molar-refractivity contribution in [1.29, 1.82) is 0 Å². The van der Waals surface area contributed by atoms with Gasteiger partial charge in [-0.2, -0.15) is 8.78 Å². The van der Waals surface area contributed by atoms with E-state index in [0.717, 1.165) is 0 Å². The third-order valence-electron chi connectivity index (χ3n) is 3.21. The molecular formula is C14H17F2NO4. The van der Waals surface area contributed by atoms with Crippen LogP contribution in [0.15, 0.2) is 24.3 Å². The van der Waals surface area contributed by atoms with Gasteiger partial charge < -0.3 is 19.9 Å². The molecule has 0 bridgehead atoms. The summed E-state index contributed by atoms with van der Waals surface area (Å²) < 4.78 is 33.3. The van der Waals surface area contributed by atoms with E-state index in [0.29, 0.717) is 18.6 Å². The lowest BCUT2D eigenvalue weighted by Gasteiger charge is -2.20. The number of halogens is 2. The maximum Gasteiger partial charge on any atom is 0.387 e. The van der Waals surface area contributed by atoms with Gasteiger partial charge in [0.25, 0.3) is 0 Å². The van der Waals surface area contributed by atoms with Crippen LogP contribution in [0.3, 0.4) is 0 Å². The molecule has 21 heavy (non-hydrogen) atoms. The monoisotopic (exact) mass is 301 g/mol. The van der Waals surface area contributed by atoms with Gasteiger partial charge >= 0.3 is 6.61 Å². The van der Waals surface area contributed by atoms with E-state index >= 15 is 0 Å². The lowest BCUT2D eigenvalue weighted by molar-refractivity contribution is -0.121. The first-order valence-electron chi connectivity index (χ1n) is 6.57. The zero-order valence-electron chi connectivity index (χ0n) is 11.4. The van der Waals surface area contributed by atoms with Crippen LogP contribution in [0.4, 0.5) is 8.78 Å². The van der Waals surface area contributed by atoms with Crippen molar-refractivity contribution in [3.05, 3.63) is 29.8 Å². The Morgan fingerprint density at radius 1 is 1.43 bits per heavy atom. The average Bonchev–Trinajstić information content (AvgIpc) is 2.86. The quantitative estimate of drug-likeness (QED) is 0.825. The van der Waals surface area contributed by atoms with E-state index in [9.17, 15) is 18.7 Å². The van der Waals surface area contributed by atoms with Crippen molar-refractivity contribution in [3.8, 4) is 5.75 Å². The lowest BCUT2D eigenvalue weighted by atomic mass is 10.0. The van der Waals surface area contributed by atoms with Crippen molar-refractivity contribution in [2.75, 3.05) is 19.8 Å². The molecule has 2 rings (SSSR count). The van der Waals surface area contributed by atoms with Crippen molar-refractivity contribution in [3.63, 3.8) is 0 Å². The van der Waals surface area contributed by atoms with E-state index < -0.39 is 12.2 Å². The molecule has 0 aromatic heterocycles. The molecule has 0 spiro atoms. The number of nitrogens with one attached hydrogen (secondary N) is 1. The second kappa shape index (κ2) is 6.82. The van der Waals surface area contributed by atoms with Gasteiger partial charge in [0, 0.05) is 19.6 Å². The molecule has 116 valence electrons. The zero-order chi connectivity index (χ0) is 15.3. The van der Waals surface area contributed by atoms with Crippen LogP contribution >= 0.6 is 0 Å². The fourth-order valence-electron chi connectivity index (χ4n) is 2.04. The molecule has 1 atom stereocenters. The lowest BCUT2D eigenvalue weighted by Crippen LogP contribution is -2.43. The van der Waals surface area contributed by atoms with Crippen LogP contribution in [-0.2, 0) is 16.0 Å². The van der Waals surface area contributed by atoms with E-state index in [1.165, 1.54) is 12.1 Å². The smallest absolute Gasteiger partial charge is 0.387 e. The number of rotatable bonds is 6. The Hall–Kier alpha value is -1.73. The minimum absolute atomic E-state index is 0.0478. The minimum atomic E-state index is -2.87. The number of aliphatic hydroxyl groups is 1. The first-order chi connectivity index (χ1) is 9.97. The molecule has 7 heteroatoms. The van der Waals surface area contributed by atoms with Gasteiger partial charge in [-0.15, -0.1) is 0 Å². The van der Waals surface area contributed by atoms with E-state index in [1.807, 2.05) is 0 Å². The number of carbonyl (C=O) groups excluding carboxylic acids is 1. The van der Waals surface area contributed by atoms with Gasteiger partial charge in [-0.3, -0.25) is 4.79 Å². The van der Waals surface area contributed by atoms with E-state index in [4.69, 9.17) is 4.74 Å². The number of ether oxygens (including phenoxy) is 2. The Kier molecular flexibility index (Phi) is 5.08. The summed E-state index contributed by atoms with van der Waals surface area (Å²) in [5.41, 5.74) is -0.325. The van der Waals surface area contributed by atoms with Gasteiger partial charge in [0.05, 0.1) is 13.0 Å². The van der Waals surface area contributed by atoms with Crippen molar-refractivity contribution in [2.24, 2.45) is 0 Å². The van der Waals surface area contributed by atoms with E-state index in [1.54, 1.807) is 12.1 Å². The Balaban J connectivity index is 1.79. The highest BCUT2D eigenvalue weighted by Crippen LogP contribution is 2.17. The van der Waals surface area contributed by atoms with Crippen LogP contribution in [-0.4, -0.2) is 43.0 Å². The maximum atomic E-state index is 12.0. The Morgan fingerprint density at radius 3 is 2.71 bits per heavy atom. The van der Waals surface area contributed by atoms with Crippen molar-refractivity contribution in [2.45, 2.75) is 25.1 Å². The number of benzene rings is 1. The molecule has 5 nitrogen and oxygen atoms in total. The number of amides is 1. The molecule has 1 aliphatic rings. The number of hydrogen-bond acceptors (Lipinski definition) is 4. The van der Waals surface area contributed by atoms with Crippen LogP contribution in [0.2, 0.25) is 0 Å². The van der Waals surface area contributed by atoms with Crippen molar-refractivity contribution >= 4 is 5.91 Å². The summed E-state index contributed by atoms with van der Waals surface area (Å²) in [5.74, 6) is -0.204. The Labute approximate surface area is 120 Å². The summed E-state index contributed by atoms with van der Waals surface area (Å²) in [6.45, 7) is -2.03. The van der Waals surface area contributed by atoms with Gasteiger partial charge in [-0.25, -0.2) is 0 Å². The average molecular weight is 301 g/mol. The Morgan fingerprint density at radius 2 is 2.14 bits per heavy atom. The van der Waals surface area contributed by atoms with Crippen LogP contribution in [0, 0.1) is 0 Å². The zero-order valence-corrected chi connectivity index (χ0v) is 11.4. The molecule has 1 heterocycles. The third-order valence-corrected chi connectivity index (χ3v) is 3.21. The molecule has 1 aliphatic heterocycles. The SMILES string of the molecule is O=C(Cc1ccc(OC(F)F)cc1)NCC1(O)CCOC1. The predicted molar refractivity (Wildman–Crippen MR) is 70.2 cm³/mol. The van der Waals surface area contributed by atoms with Crippen LogP contribution in [0.1, 0.15) is 12.0 Å². The minimum Gasteiger partial charge on any atom is -0.435 e. The first kappa shape index (κ1) is 15.7. The first-order valence-corrected chi connectivity index (χ1v) is 6.57. The predicted octanol–water partition coefficient (Wildman–Crippen LogP) is 1.10. The van der Waals surface area contributed by atoms with E-state index in [2.05, 4.69) is 10.1 Å². The summed E-state index contributed by atoms with van der Waals surface area (Å²) >= 11 is 0. The Bertz CT molecular complexity index is 472. The van der Waals surface area contributed by atoms with Crippen molar-refractivity contribution < 1.29 is 28.2 Å². The molecular weight excluding hydrogens is 284 g/mol. The molecule has 2 N–H and O–H groups in total. The van der Waals surface area contributed by atoms with Crippen molar-refractivity contribution in [1.82, 2.24) is 5.32 Å². The van der Waals surface area contributed by atoms with Gasteiger partial charge in [0.15, 0.2) is 0 Å². The highest BCUT2D eigenvalue weighted by molar-refractivity contribution is 5.78. The molecule has 1 aromatic carbocycles. The van der Waals surface area contributed by atoms with Gasteiger partial charge in [0.2, 0.25) is 5.91 Å². The second-order valence-electron chi connectivity index (χ2n) is 5.00. The highest BCUT2D eigenvalue weighted by atomic mass is 19.3. The fraction of sp³-hybridized carbons (Fsp3) is 0.500. The van der Waals surface area contributed by atoms with E-state index in [-0.39, 0.29) is 31.2 Å². The number of carbonyl (C=O) groups is 1. The molecule has 0 radical (unpaired) electrons. The summed E-state index contributed by atoms with van der Waals surface area (Å²) in [6, 6.07) is 5.86. The number of hydrogen-bond donors (Lipinski definition) is 2. The highest BCUT2D eigenvalue weighted by Gasteiger charge is 2.32. The van der Waals surface area contributed by atoms with Gasteiger partial charge in [0.1, 0.15) is 11.4 Å². The number of alkyl halides is 2. The molecule has 1 saturated heterocycles. The molecule has 1 fully saturated rings. The molecule has 0 aliphatic carbocycles. The molecule has 1 aromatic rings. The molecule has 1 unspecified atom stereocenters. The summed E-state index contributed by atoms with van der Waals surface area (Å²) in [5, 5.41) is 12.6. The van der Waals surface area contributed by atoms with Gasteiger partial charge in [-0.1, -0.05) is 12.1 Å². The summed E-state index contributed by atoms with van der Waals surface area (Å²) in [6.07, 6.45) is 0.596. The van der Waals surface area contributed by atoms with Crippen LogP contribution in [0.25, 0.3) is 0 Å². The topological polar surface area (TPSA) is 67.8 Å². The summed E-state index contributed by atoms with van der Waals surface area (Å²) in [7, 11) is 0. The standard InChI is InChI=1S/C14H17F2NO4/c15-13(16)21-11-3-1-10(2-4-11)7-12(18)17-8-14(19)5-6-20-9-14/h1-4,13,19H,5-9H2,(H,17,18). The van der Waals surface area contributed by atoms with Crippen LogP contribution < -0.4 is 10.1 Å². The van der Waals surface area contributed by atoms with Crippen LogP contribution in [0.5, 0.6) is 5.75 Å². The molecule has 1 amide bonds. The van der Waals surface area contributed by atoms with Gasteiger partial charge in [-0.05, 0) is 17.7 Å². The summed E-state index contributed by atoms with van der Waals surface area (Å²) in [4.78, 5) is 11.8. The normalized spacial score (nSPS) is 21.5. The largest absolute Gasteiger partial charge is 0.435 e. The maximum absolute atomic E-state index is 12.0. The second-order valence-corrected chi connectivity index (χ2v) is 5.00. The fourth-order valence-corrected chi connectivity index (χ4v) is 2.04. The third kappa shape index (κ3) is 4.95. The molecule has 0 saturated carbocycles.